The molecule has 1 fully saturated rings. The number of hydrogen-bond acceptors (Lipinski definition) is 3. The van der Waals surface area contributed by atoms with Gasteiger partial charge in [0.1, 0.15) is 0 Å². The van der Waals surface area contributed by atoms with Crippen molar-refractivity contribution in [3.05, 3.63) is 0 Å². The van der Waals surface area contributed by atoms with Crippen LogP contribution in [-0.2, 0) is 9.59 Å². The molecule has 2 unspecified atom stereocenters. The minimum atomic E-state index is -0.760. The summed E-state index contributed by atoms with van der Waals surface area (Å²) in [4.78, 5) is 24.1. The summed E-state index contributed by atoms with van der Waals surface area (Å²) >= 11 is 0. The molecule has 86 valence electrons. The average molecular weight is 214 g/mol. The second-order valence-electron chi connectivity index (χ2n) is 3.97. The summed E-state index contributed by atoms with van der Waals surface area (Å²) in [5.41, 5.74) is 0. The van der Waals surface area contributed by atoms with Crippen LogP contribution < -0.4 is 5.32 Å². The molecule has 1 amide bonds. The van der Waals surface area contributed by atoms with E-state index in [0.717, 1.165) is 13.0 Å². The van der Waals surface area contributed by atoms with Crippen molar-refractivity contribution >= 4 is 11.9 Å². The molecule has 0 aromatic carbocycles. The molecule has 0 radical (unpaired) electrons. The Labute approximate surface area is 89.4 Å². The smallest absolute Gasteiger partial charge is 0.308 e. The van der Waals surface area contributed by atoms with Crippen molar-refractivity contribution in [3.63, 3.8) is 0 Å². The number of nitrogens with one attached hydrogen (secondary N) is 1. The van der Waals surface area contributed by atoms with Gasteiger partial charge in [0.05, 0.1) is 12.5 Å². The van der Waals surface area contributed by atoms with Crippen LogP contribution in [0.3, 0.4) is 0 Å². The number of likely N-dealkylation sites (tertiary alicyclic amines) is 1. The van der Waals surface area contributed by atoms with Gasteiger partial charge in [0.2, 0.25) is 5.91 Å². The maximum absolute atomic E-state index is 11.2. The third kappa shape index (κ3) is 2.92. The number of carboxylic acids is 1. The first-order valence-corrected chi connectivity index (χ1v) is 5.23. The zero-order valence-corrected chi connectivity index (χ0v) is 9.19. The first-order chi connectivity index (χ1) is 7.06. The Balaban J connectivity index is 2.58. The summed E-state index contributed by atoms with van der Waals surface area (Å²) in [5, 5.41) is 11.5. The minimum absolute atomic E-state index is 0.0615. The minimum Gasteiger partial charge on any atom is -0.481 e. The van der Waals surface area contributed by atoms with Crippen molar-refractivity contribution in [1.82, 2.24) is 10.2 Å². The lowest BCUT2D eigenvalue weighted by molar-refractivity contribution is -0.146. The maximum Gasteiger partial charge on any atom is 0.308 e. The van der Waals surface area contributed by atoms with Gasteiger partial charge in [-0.2, -0.15) is 0 Å². The lowest BCUT2D eigenvalue weighted by Crippen LogP contribution is -2.49. The highest BCUT2D eigenvalue weighted by atomic mass is 16.4. The number of hydrogen-bond donors (Lipinski definition) is 2. The normalized spacial score (nSPS) is 27.3. The van der Waals surface area contributed by atoms with Gasteiger partial charge in [0.25, 0.3) is 0 Å². The number of piperidine rings is 1. The average Bonchev–Trinajstić information content (AvgIpc) is 2.20. The molecule has 2 N–H and O–H groups in total. The quantitative estimate of drug-likeness (QED) is 0.689. The van der Waals surface area contributed by atoms with Crippen LogP contribution in [0.4, 0.5) is 0 Å². The maximum atomic E-state index is 11.2. The highest BCUT2D eigenvalue weighted by Crippen LogP contribution is 2.23. The summed E-state index contributed by atoms with van der Waals surface area (Å²) in [6.45, 7) is 2.97. The number of carboxylic acid groups (broad SMARTS) is 1. The van der Waals surface area contributed by atoms with E-state index in [4.69, 9.17) is 5.11 Å². The van der Waals surface area contributed by atoms with Crippen LogP contribution in [0.1, 0.15) is 19.8 Å². The fraction of sp³-hybridized carbons (Fsp3) is 0.800. The highest BCUT2D eigenvalue weighted by Gasteiger charge is 2.33. The molecular formula is C10H18N2O3. The second kappa shape index (κ2) is 5.11. The van der Waals surface area contributed by atoms with Crippen molar-refractivity contribution in [2.24, 2.45) is 5.92 Å². The zero-order valence-electron chi connectivity index (χ0n) is 9.19. The Morgan fingerprint density at radius 2 is 2.20 bits per heavy atom. The van der Waals surface area contributed by atoms with Gasteiger partial charge in [-0.05, 0) is 26.3 Å². The van der Waals surface area contributed by atoms with Gasteiger partial charge in [-0.1, -0.05) is 0 Å². The van der Waals surface area contributed by atoms with Gasteiger partial charge in [0, 0.05) is 13.1 Å². The van der Waals surface area contributed by atoms with Gasteiger partial charge in [-0.15, -0.1) is 0 Å². The van der Waals surface area contributed by atoms with Gasteiger partial charge in [-0.3, -0.25) is 14.5 Å². The molecule has 5 heteroatoms. The van der Waals surface area contributed by atoms with E-state index in [1.54, 1.807) is 7.05 Å². The topological polar surface area (TPSA) is 69.6 Å². The number of carbonyl (C=O) groups excluding carboxylic acids is 1. The summed E-state index contributed by atoms with van der Waals surface area (Å²) in [6.07, 6.45) is 1.55. The largest absolute Gasteiger partial charge is 0.481 e. The van der Waals surface area contributed by atoms with Crippen molar-refractivity contribution < 1.29 is 14.7 Å². The predicted octanol–water partition coefficient (Wildman–Crippen LogP) is -0.0825. The summed E-state index contributed by atoms with van der Waals surface area (Å²) in [7, 11) is 1.59. The molecular weight excluding hydrogens is 196 g/mol. The van der Waals surface area contributed by atoms with Crippen LogP contribution in [0.2, 0.25) is 0 Å². The van der Waals surface area contributed by atoms with Crippen molar-refractivity contribution in [2.45, 2.75) is 25.8 Å². The third-order valence-electron chi connectivity index (χ3n) is 3.06. The molecule has 0 aliphatic carbocycles. The van der Waals surface area contributed by atoms with E-state index in [2.05, 4.69) is 5.32 Å². The van der Waals surface area contributed by atoms with E-state index in [-0.39, 0.29) is 17.9 Å². The molecule has 1 rings (SSSR count). The van der Waals surface area contributed by atoms with Crippen molar-refractivity contribution in [2.75, 3.05) is 20.1 Å². The van der Waals surface area contributed by atoms with Crippen LogP contribution in [-0.4, -0.2) is 48.1 Å². The van der Waals surface area contributed by atoms with Crippen LogP contribution >= 0.6 is 0 Å². The molecule has 1 saturated heterocycles. The lowest BCUT2D eigenvalue weighted by Gasteiger charge is -2.36. The van der Waals surface area contributed by atoms with Crippen LogP contribution in [0.25, 0.3) is 0 Å². The number of likely N-dealkylation sites (N-methyl/N-ethyl adjacent to an activating group) is 1. The summed E-state index contributed by atoms with van der Waals surface area (Å²) in [5.74, 6) is -1.17. The number of carbonyl (C=O) groups is 2. The molecule has 1 heterocycles. The van der Waals surface area contributed by atoms with Crippen molar-refractivity contribution in [3.8, 4) is 0 Å². The van der Waals surface area contributed by atoms with Gasteiger partial charge >= 0.3 is 5.97 Å². The molecule has 2 atom stereocenters. The monoisotopic (exact) mass is 214 g/mol. The first kappa shape index (κ1) is 12.0. The standard InChI is InChI=1S/C10H18N2O3/c1-7-8(10(14)15)4-3-5-12(7)6-9(13)11-2/h7-8H,3-6H2,1-2H3,(H,11,13)(H,14,15). The van der Waals surface area contributed by atoms with E-state index in [9.17, 15) is 9.59 Å². The molecule has 15 heavy (non-hydrogen) atoms. The summed E-state index contributed by atoms with van der Waals surface area (Å²) < 4.78 is 0. The van der Waals surface area contributed by atoms with E-state index >= 15 is 0 Å². The molecule has 0 saturated carbocycles. The Morgan fingerprint density at radius 1 is 1.53 bits per heavy atom. The number of aliphatic carboxylic acids is 1. The predicted molar refractivity (Wildman–Crippen MR) is 55.5 cm³/mol. The molecule has 0 bridgehead atoms. The molecule has 1 aliphatic rings. The van der Waals surface area contributed by atoms with E-state index in [0.29, 0.717) is 13.0 Å². The van der Waals surface area contributed by atoms with E-state index in [1.165, 1.54) is 0 Å². The van der Waals surface area contributed by atoms with Gasteiger partial charge in [-0.25, -0.2) is 0 Å². The Kier molecular flexibility index (Phi) is 4.08. The second-order valence-corrected chi connectivity index (χ2v) is 3.97. The Hall–Kier alpha value is -1.10. The van der Waals surface area contributed by atoms with Crippen LogP contribution in [0.15, 0.2) is 0 Å². The number of amides is 1. The fourth-order valence-electron chi connectivity index (χ4n) is 2.03. The molecule has 1 aliphatic heterocycles. The van der Waals surface area contributed by atoms with Crippen LogP contribution in [0, 0.1) is 5.92 Å². The van der Waals surface area contributed by atoms with Crippen molar-refractivity contribution in [1.29, 1.82) is 0 Å². The Morgan fingerprint density at radius 3 is 2.73 bits per heavy atom. The third-order valence-corrected chi connectivity index (χ3v) is 3.06. The molecule has 0 aromatic heterocycles. The Bertz CT molecular complexity index is 255. The fourth-order valence-corrected chi connectivity index (χ4v) is 2.03. The van der Waals surface area contributed by atoms with E-state index in [1.807, 2.05) is 11.8 Å². The number of nitrogens with zero attached hydrogens (tertiary/aromatic N) is 1. The first-order valence-electron chi connectivity index (χ1n) is 5.23. The van der Waals surface area contributed by atoms with Gasteiger partial charge in [0.15, 0.2) is 0 Å². The van der Waals surface area contributed by atoms with Gasteiger partial charge < -0.3 is 10.4 Å². The van der Waals surface area contributed by atoms with Crippen LogP contribution in [0.5, 0.6) is 0 Å². The highest BCUT2D eigenvalue weighted by molar-refractivity contribution is 5.78. The molecule has 0 spiro atoms. The SMILES string of the molecule is CNC(=O)CN1CCCC(C(=O)O)C1C. The summed E-state index contributed by atoms with van der Waals surface area (Å²) in [6, 6.07) is -0.0615. The molecule has 0 aromatic rings. The molecule has 5 nitrogen and oxygen atoms in total. The number of rotatable bonds is 3. The van der Waals surface area contributed by atoms with E-state index < -0.39 is 5.97 Å². The zero-order chi connectivity index (χ0) is 11.4. The lowest BCUT2D eigenvalue weighted by atomic mass is 9.90.